The third-order valence-corrected chi connectivity index (χ3v) is 4.89. The Bertz CT molecular complexity index is 345. The van der Waals surface area contributed by atoms with Crippen molar-refractivity contribution in [3.05, 3.63) is 0 Å². The summed E-state index contributed by atoms with van der Waals surface area (Å²) in [6, 6.07) is -0.860. The molecule has 19 heavy (non-hydrogen) atoms. The Balaban J connectivity index is 2.10. The molecule has 2 aliphatic rings. The fraction of sp³-hybridized carbons (Fsp3) is 0.833. The third-order valence-electron chi connectivity index (χ3n) is 3.44. The molecule has 2 fully saturated rings. The molecule has 0 aromatic heterocycles. The average Bonchev–Trinajstić information content (AvgIpc) is 2.64. The van der Waals surface area contributed by atoms with Crippen molar-refractivity contribution in [2.75, 3.05) is 32.1 Å². The van der Waals surface area contributed by atoms with Crippen LogP contribution in [0, 0.1) is 0 Å². The molecule has 2 atom stereocenters. The largest absolute Gasteiger partial charge is 0.480 e. The van der Waals surface area contributed by atoms with Crippen molar-refractivity contribution in [3.63, 3.8) is 0 Å². The Hall–Kier alpha value is -0.950. The minimum atomic E-state index is -0.914. The van der Waals surface area contributed by atoms with Gasteiger partial charge in [0.15, 0.2) is 0 Å². The van der Waals surface area contributed by atoms with Crippen LogP contribution < -0.4 is 0 Å². The van der Waals surface area contributed by atoms with Crippen molar-refractivity contribution in [3.8, 4) is 0 Å². The quantitative estimate of drug-likeness (QED) is 0.823. The lowest BCUT2D eigenvalue weighted by Crippen LogP contribution is -2.52. The second-order valence-corrected chi connectivity index (χ2v) is 5.90. The minimum Gasteiger partial charge on any atom is -0.480 e. The molecule has 0 radical (unpaired) electrons. The van der Waals surface area contributed by atoms with E-state index in [9.17, 15) is 14.7 Å². The molecule has 6 nitrogen and oxygen atoms in total. The molecule has 7 heteroatoms. The molecule has 0 spiro atoms. The standard InChI is InChI=1S/C12H20N2O4S/c1-2-10-14(9(8-19-10)11(15)16)12(17)13-4-3-6-18-7-5-13/h9-10H,2-8H2,1H3,(H,15,16). The monoisotopic (exact) mass is 288 g/mol. The van der Waals surface area contributed by atoms with Crippen LogP contribution in [-0.2, 0) is 9.53 Å². The maximum absolute atomic E-state index is 12.6. The van der Waals surface area contributed by atoms with Gasteiger partial charge in [0.2, 0.25) is 0 Å². The zero-order chi connectivity index (χ0) is 13.8. The molecule has 2 rings (SSSR count). The Kier molecular flexibility index (Phi) is 4.93. The van der Waals surface area contributed by atoms with Gasteiger partial charge in [-0.3, -0.25) is 4.90 Å². The number of urea groups is 1. The van der Waals surface area contributed by atoms with Crippen LogP contribution in [0.25, 0.3) is 0 Å². The van der Waals surface area contributed by atoms with Gasteiger partial charge < -0.3 is 14.7 Å². The van der Waals surface area contributed by atoms with Crippen molar-refractivity contribution in [1.82, 2.24) is 9.80 Å². The van der Waals surface area contributed by atoms with Crippen molar-refractivity contribution in [2.24, 2.45) is 0 Å². The number of carboxylic acid groups (broad SMARTS) is 1. The van der Waals surface area contributed by atoms with Gasteiger partial charge in [-0.1, -0.05) is 6.92 Å². The number of hydrogen-bond acceptors (Lipinski definition) is 4. The Morgan fingerprint density at radius 2 is 2.16 bits per heavy atom. The molecule has 1 N–H and O–H groups in total. The molecule has 108 valence electrons. The number of carbonyl (C=O) groups is 2. The van der Waals surface area contributed by atoms with E-state index in [2.05, 4.69) is 0 Å². The SMILES string of the molecule is CCC1SCC(C(=O)O)N1C(=O)N1CCCOCC1. The maximum atomic E-state index is 12.6. The molecule has 2 heterocycles. The zero-order valence-corrected chi connectivity index (χ0v) is 11.9. The third kappa shape index (κ3) is 3.14. The van der Waals surface area contributed by atoms with E-state index >= 15 is 0 Å². The number of carbonyl (C=O) groups excluding carboxylic acids is 1. The van der Waals surface area contributed by atoms with E-state index in [0.29, 0.717) is 32.1 Å². The number of aliphatic carboxylic acids is 1. The highest BCUT2D eigenvalue weighted by molar-refractivity contribution is 8.00. The zero-order valence-electron chi connectivity index (χ0n) is 11.1. The molecule has 0 aliphatic carbocycles. The molecule has 0 aromatic rings. The molecule has 2 aliphatic heterocycles. The van der Waals surface area contributed by atoms with E-state index in [4.69, 9.17) is 4.74 Å². The van der Waals surface area contributed by atoms with Gasteiger partial charge in [0.1, 0.15) is 6.04 Å². The Labute approximate surface area is 117 Å². The highest BCUT2D eigenvalue weighted by atomic mass is 32.2. The topological polar surface area (TPSA) is 70.1 Å². The molecule has 0 saturated carbocycles. The Morgan fingerprint density at radius 3 is 2.84 bits per heavy atom. The average molecular weight is 288 g/mol. The van der Waals surface area contributed by atoms with Crippen LogP contribution in [0.1, 0.15) is 19.8 Å². The highest BCUT2D eigenvalue weighted by Crippen LogP contribution is 2.32. The summed E-state index contributed by atoms with van der Waals surface area (Å²) in [7, 11) is 0. The van der Waals surface area contributed by atoms with Crippen LogP contribution in [0.4, 0.5) is 4.79 Å². The highest BCUT2D eigenvalue weighted by Gasteiger charge is 2.42. The normalized spacial score (nSPS) is 28.3. The Morgan fingerprint density at radius 1 is 1.37 bits per heavy atom. The number of hydrogen-bond donors (Lipinski definition) is 1. The maximum Gasteiger partial charge on any atom is 0.327 e. The van der Waals surface area contributed by atoms with Crippen LogP contribution >= 0.6 is 11.8 Å². The van der Waals surface area contributed by atoms with E-state index < -0.39 is 12.0 Å². The van der Waals surface area contributed by atoms with E-state index in [1.54, 1.807) is 21.6 Å². The fourth-order valence-corrected chi connectivity index (χ4v) is 3.77. The minimum absolute atomic E-state index is 0.0298. The van der Waals surface area contributed by atoms with E-state index in [0.717, 1.165) is 12.8 Å². The lowest BCUT2D eigenvalue weighted by molar-refractivity contribution is -0.141. The molecular formula is C12H20N2O4S. The summed E-state index contributed by atoms with van der Waals surface area (Å²) in [5, 5.41) is 9.22. The molecule has 2 saturated heterocycles. The fourth-order valence-electron chi connectivity index (χ4n) is 2.43. The first-order chi connectivity index (χ1) is 9.15. The van der Waals surface area contributed by atoms with Crippen LogP contribution in [0.15, 0.2) is 0 Å². The smallest absolute Gasteiger partial charge is 0.327 e. The van der Waals surface area contributed by atoms with Crippen molar-refractivity contribution in [1.29, 1.82) is 0 Å². The summed E-state index contributed by atoms with van der Waals surface area (Å²) in [5.74, 6) is -0.438. The summed E-state index contributed by atoms with van der Waals surface area (Å²) < 4.78 is 5.33. The van der Waals surface area contributed by atoms with Crippen molar-refractivity contribution in [2.45, 2.75) is 31.2 Å². The van der Waals surface area contributed by atoms with Crippen LogP contribution in [0.5, 0.6) is 0 Å². The molecule has 2 amide bonds. The second kappa shape index (κ2) is 6.47. The molecule has 0 bridgehead atoms. The van der Waals surface area contributed by atoms with Gasteiger partial charge in [-0.2, -0.15) is 0 Å². The van der Waals surface area contributed by atoms with Gasteiger partial charge in [-0.25, -0.2) is 9.59 Å². The van der Waals surface area contributed by atoms with Gasteiger partial charge in [-0.05, 0) is 12.8 Å². The summed E-state index contributed by atoms with van der Waals surface area (Å²) in [5.41, 5.74) is 0. The van der Waals surface area contributed by atoms with Crippen molar-refractivity contribution >= 4 is 23.8 Å². The summed E-state index contributed by atoms with van der Waals surface area (Å²) >= 11 is 1.55. The summed E-state index contributed by atoms with van der Waals surface area (Å²) in [6.07, 6.45) is 1.58. The van der Waals surface area contributed by atoms with Crippen LogP contribution in [0.2, 0.25) is 0 Å². The number of rotatable bonds is 2. The summed E-state index contributed by atoms with van der Waals surface area (Å²) in [4.78, 5) is 27.1. The van der Waals surface area contributed by atoms with Crippen LogP contribution in [0.3, 0.4) is 0 Å². The van der Waals surface area contributed by atoms with Gasteiger partial charge in [0, 0.05) is 25.4 Å². The first kappa shape index (κ1) is 14.5. The lowest BCUT2D eigenvalue weighted by atomic mass is 10.2. The van der Waals surface area contributed by atoms with Crippen molar-refractivity contribution < 1.29 is 19.4 Å². The first-order valence-corrected chi connectivity index (χ1v) is 7.69. The number of thioether (sulfide) groups is 1. The van der Waals surface area contributed by atoms with Crippen LogP contribution in [-0.4, -0.2) is 70.4 Å². The van der Waals surface area contributed by atoms with Gasteiger partial charge >= 0.3 is 12.0 Å². The summed E-state index contributed by atoms with van der Waals surface area (Å²) in [6.45, 7) is 4.36. The molecule has 2 unspecified atom stereocenters. The number of carboxylic acids is 1. The van der Waals surface area contributed by atoms with E-state index in [1.165, 1.54) is 0 Å². The number of amides is 2. The van der Waals surface area contributed by atoms with Gasteiger partial charge in [-0.15, -0.1) is 11.8 Å². The first-order valence-electron chi connectivity index (χ1n) is 6.64. The number of ether oxygens (including phenoxy) is 1. The van der Waals surface area contributed by atoms with E-state index in [1.807, 2.05) is 6.92 Å². The predicted molar refractivity (Wildman–Crippen MR) is 72.2 cm³/mol. The lowest BCUT2D eigenvalue weighted by Gasteiger charge is -2.32. The van der Waals surface area contributed by atoms with Gasteiger partial charge in [0.05, 0.1) is 12.0 Å². The second-order valence-electron chi connectivity index (χ2n) is 4.69. The molecule has 0 aromatic carbocycles. The van der Waals surface area contributed by atoms with Gasteiger partial charge in [0.25, 0.3) is 0 Å². The predicted octanol–water partition coefficient (Wildman–Crippen LogP) is 1.07. The molecular weight excluding hydrogens is 268 g/mol. The van der Waals surface area contributed by atoms with E-state index in [-0.39, 0.29) is 11.4 Å². The number of nitrogens with zero attached hydrogens (tertiary/aromatic N) is 2.